The Morgan fingerprint density at radius 3 is 2.11 bits per heavy atom. The molecule has 6 heteroatoms. The van der Waals surface area contributed by atoms with Crippen molar-refractivity contribution in [2.75, 3.05) is 0 Å². The number of alkyl halides is 2. The predicted molar refractivity (Wildman–Crippen MR) is 146 cm³/mol. The van der Waals surface area contributed by atoms with Crippen LogP contribution in [0.15, 0.2) is 24.3 Å². The van der Waals surface area contributed by atoms with Crippen molar-refractivity contribution in [1.82, 2.24) is 4.98 Å². The molecule has 36 heavy (non-hydrogen) atoms. The van der Waals surface area contributed by atoms with Crippen molar-refractivity contribution >= 4 is 8.32 Å². The van der Waals surface area contributed by atoms with Crippen molar-refractivity contribution in [3.63, 3.8) is 0 Å². The van der Waals surface area contributed by atoms with Crippen LogP contribution in [-0.2, 0) is 16.8 Å². The summed E-state index contributed by atoms with van der Waals surface area (Å²) in [6, 6.07) is 6.02. The lowest BCUT2D eigenvalue weighted by Gasteiger charge is -2.45. The van der Waals surface area contributed by atoms with Gasteiger partial charge < -0.3 is 9.53 Å². The molecule has 0 amide bonds. The Balaban J connectivity index is 2.18. The molecule has 1 heterocycles. The van der Waals surface area contributed by atoms with Crippen molar-refractivity contribution in [2.24, 2.45) is 5.41 Å². The van der Waals surface area contributed by atoms with Crippen LogP contribution in [0.1, 0.15) is 119 Å². The summed E-state index contributed by atoms with van der Waals surface area (Å²) in [5.74, 6) is -2.82. The summed E-state index contributed by atoms with van der Waals surface area (Å²) < 4.78 is 34.6. The number of aliphatic hydroxyl groups is 1. The number of hydrogen-bond acceptors (Lipinski definition) is 3. The molecule has 1 unspecified atom stereocenters. The average Bonchev–Trinajstić information content (AvgIpc) is 2.70. The number of aliphatic hydroxyl groups excluding tert-OH is 1. The predicted octanol–water partition coefficient (Wildman–Crippen LogP) is 8.74. The summed E-state index contributed by atoms with van der Waals surface area (Å²) >= 11 is 0. The zero-order valence-electron chi connectivity index (χ0n) is 24.0. The second kappa shape index (κ2) is 9.59. The van der Waals surface area contributed by atoms with Crippen LogP contribution in [0.3, 0.4) is 0 Å². The summed E-state index contributed by atoms with van der Waals surface area (Å²) in [6.07, 6.45) is 0.705. The van der Waals surface area contributed by atoms with E-state index in [9.17, 15) is 13.9 Å². The second-order valence-electron chi connectivity index (χ2n) is 13.4. The molecule has 0 saturated carbocycles. The number of benzene rings is 1. The van der Waals surface area contributed by atoms with Gasteiger partial charge in [-0.25, -0.2) is 8.78 Å². The molecule has 0 saturated heterocycles. The summed E-state index contributed by atoms with van der Waals surface area (Å²) in [5.41, 5.74) is 5.41. The van der Waals surface area contributed by atoms with E-state index in [1.807, 2.05) is 0 Å². The maximum absolute atomic E-state index is 13.8. The number of hydrogen-bond donors (Lipinski definition) is 1. The van der Waals surface area contributed by atoms with Crippen LogP contribution in [0.25, 0.3) is 0 Å². The summed E-state index contributed by atoms with van der Waals surface area (Å²) in [6.45, 7) is 23.0. The van der Waals surface area contributed by atoms with Crippen LogP contribution in [-0.4, -0.2) is 18.4 Å². The van der Waals surface area contributed by atoms with Gasteiger partial charge in [0.15, 0.2) is 8.32 Å². The van der Waals surface area contributed by atoms with E-state index >= 15 is 0 Å². The number of rotatable bonds is 6. The van der Waals surface area contributed by atoms with Gasteiger partial charge in [0.1, 0.15) is 6.10 Å². The Hall–Kier alpha value is -1.63. The number of fused-ring (bicyclic) bond motifs is 1. The molecule has 1 aliphatic rings. The molecule has 0 fully saturated rings. The van der Waals surface area contributed by atoms with E-state index < -0.39 is 20.3 Å². The largest absolute Gasteiger partial charge is 0.410 e. The van der Waals surface area contributed by atoms with Gasteiger partial charge in [0.25, 0.3) is 5.92 Å². The van der Waals surface area contributed by atoms with Crippen LogP contribution in [0.2, 0.25) is 18.1 Å². The van der Waals surface area contributed by atoms with Gasteiger partial charge in [0.2, 0.25) is 0 Å². The molecule has 0 aliphatic heterocycles. The minimum Gasteiger partial charge on any atom is -0.410 e. The third-order valence-corrected chi connectivity index (χ3v) is 12.6. The summed E-state index contributed by atoms with van der Waals surface area (Å²) in [5, 5.41) is 11.7. The molecule has 3 rings (SSSR count). The maximum Gasteiger partial charge on any atom is 0.270 e. The molecule has 2 aromatic rings. The smallest absolute Gasteiger partial charge is 0.270 e. The molecular weight excluding hydrogens is 472 g/mol. The quantitative estimate of drug-likeness (QED) is 0.390. The number of halogens is 2. The lowest BCUT2D eigenvalue weighted by Crippen LogP contribution is -2.44. The number of nitrogens with zero attached hydrogens (tertiary/aromatic N) is 1. The van der Waals surface area contributed by atoms with Crippen molar-refractivity contribution in [3.05, 3.63) is 63.5 Å². The first-order chi connectivity index (χ1) is 16.2. The molecule has 2 atom stereocenters. The normalized spacial score (nSPS) is 19.4. The van der Waals surface area contributed by atoms with Crippen molar-refractivity contribution in [1.29, 1.82) is 0 Å². The SMILES string of the molecule is Cc1c2c(nc(C(C)C)c1[C@@H](O)c1ccc(C(C)(F)F)cc1)CC(C)(C)CC2O[Si](C)(C)C(C)(C)C. The fourth-order valence-electron chi connectivity index (χ4n) is 5.05. The first kappa shape index (κ1) is 28.9. The van der Waals surface area contributed by atoms with E-state index in [4.69, 9.17) is 9.41 Å². The minimum absolute atomic E-state index is 0.0507. The van der Waals surface area contributed by atoms with Gasteiger partial charge in [-0.1, -0.05) is 72.7 Å². The molecular formula is C30H45F2NO2Si. The Bertz CT molecular complexity index is 1100. The zero-order valence-corrected chi connectivity index (χ0v) is 25.0. The molecule has 0 spiro atoms. The van der Waals surface area contributed by atoms with Crippen LogP contribution in [0.5, 0.6) is 0 Å². The van der Waals surface area contributed by atoms with E-state index in [1.165, 1.54) is 12.1 Å². The second-order valence-corrected chi connectivity index (χ2v) is 18.1. The highest BCUT2D eigenvalue weighted by Crippen LogP contribution is 2.49. The van der Waals surface area contributed by atoms with Gasteiger partial charge >= 0.3 is 0 Å². The zero-order chi connectivity index (χ0) is 27.4. The highest BCUT2D eigenvalue weighted by atomic mass is 28.4. The third-order valence-electron chi connectivity index (χ3n) is 8.15. The van der Waals surface area contributed by atoms with Crippen LogP contribution in [0.4, 0.5) is 8.78 Å². The van der Waals surface area contributed by atoms with Gasteiger partial charge in [-0.15, -0.1) is 0 Å². The molecule has 1 N–H and O–H groups in total. The van der Waals surface area contributed by atoms with Gasteiger partial charge in [-0.2, -0.15) is 0 Å². The third kappa shape index (κ3) is 5.76. The van der Waals surface area contributed by atoms with E-state index in [2.05, 4.69) is 68.5 Å². The Kier molecular flexibility index (Phi) is 7.71. The lowest BCUT2D eigenvalue weighted by molar-refractivity contribution is 0.0174. The van der Waals surface area contributed by atoms with E-state index in [1.54, 1.807) is 12.1 Å². The first-order valence-electron chi connectivity index (χ1n) is 13.1. The van der Waals surface area contributed by atoms with Crippen LogP contribution < -0.4 is 0 Å². The van der Waals surface area contributed by atoms with Crippen molar-refractivity contribution in [3.8, 4) is 0 Å². The van der Waals surface area contributed by atoms with Gasteiger partial charge in [-0.3, -0.25) is 4.98 Å². The van der Waals surface area contributed by atoms with Gasteiger partial charge in [-0.05, 0) is 60.4 Å². The average molecular weight is 518 g/mol. The molecule has 1 aromatic heterocycles. The molecule has 0 radical (unpaired) electrons. The Morgan fingerprint density at radius 1 is 1.08 bits per heavy atom. The monoisotopic (exact) mass is 517 g/mol. The molecule has 3 nitrogen and oxygen atoms in total. The van der Waals surface area contributed by atoms with Gasteiger partial charge in [0, 0.05) is 35.0 Å². The maximum atomic E-state index is 13.8. The first-order valence-corrected chi connectivity index (χ1v) is 16.0. The molecule has 1 aromatic carbocycles. The standard InChI is InChI=1S/C30H45F2NO2Si/c1-18(2)26-25(27(34)20-12-14-21(15-13-20)30(9,31)32)19(3)24-22(33-26)16-29(7,8)17-23(24)35-36(10,11)28(4,5)6/h12-15,18,23,27,34H,16-17H2,1-11H3/t23?,27-/m0/s1. The highest BCUT2D eigenvalue weighted by molar-refractivity contribution is 6.74. The number of pyridine rings is 1. The van der Waals surface area contributed by atoms with Crippen molar-refractivity contribution in [2.45, 2.75) is 117 Å². The van der Waals surface area contributed by atoms with Crippen LogP contribution in [0, 0.1) is 12.3 Å². The Labute approximate surface area is 217 Å². The summed E-state index contributed by atoms with van der Waals surface area (Å²) in [7, 11) is -2.08. The fourth-order valence-corrected chi connectivity index (χ4v) is 6.32. The van der Waals surface area contributed by atoms with Crippen LogP contribution >= 0.6 is 0 Å². The van der Waals surface area contributed by atoms with E-state index in [0.29, 0.717) is 5.56 Å². The fraction of sp³-hybridized carbons (Fsp3) is 0.633. The number of aromatic nitrogens is 1. The molecule has 1 aliphatic carbocycles. The molecule has 200 valence electrons. The summed E-state index contributed by atoms with van der Waals surface area (Å²) in [4.78, 5) is 5.17. The topological polar surface area (TPSA) is 42.4 Å². The van der Waals surface area contributed by atoms with E-state index in [-0.39, 0.29) is 28.0 Å². The Morgan fingerprint density at radius 2 is 1.64 bits per heavy atom. The van der Waals surface area contributed by atoms with E-state index in [0.717, 1.165) is 47.8 Å². The molecule has 0 bridgehead atoms. The lowest BCUT2D eigenvalue weighted by atomic mass is 9.72. The highest BCUT2D eigenvalue weighted by Gasteiger charge is 2.44. The minimum atomic E-state index is -2.92. The van der Waals surface area contributed by atoms with Crippen molar-refractivity contribution < 1.29 is 18.3 Å². The van der Waals surface area contributed by atoms with Gasteiger partial charge in [0.05, 0.1) is 6.10 Å².